The molecule has 0 radical (unpaired) electrons. The summed E-state index contributed by atoms with van der Waals surface area (Å²) in [6.07, 6.45) is 9.06. The minimum Gasteiger partial charge on any atom is -0.462 e. The van der Waals surface area contributed by atoms with E-state index in [1.165, 1.54) is 44.1 Å². The summed E-state index contributed by atoms with van der Waals surface area (Å²) in [6.45, 7) is 2.01. The van der Waals surface area contributed by atoms with E-state index in [-0.39, 0.29) is 17.6 Å². The largest absolute Gasteiger partial charge is 0.462 e. The number of hydrogen-bond acceptors (Lipinski definition) is 3. The normalized spacial score (nSPS) is 16.1. The second-order valence-electron chi connectivity index (χ2n) is 6.67. The second-order valence-corrected chi connectivity index (χ2v) is 6.67. The third-order valence-electron chi connectivity index (χ3n) is 5.03. The molecule has 24 heavy (non-hydrogen) atoms. The zero-order chi connectivity index (χ0) is 17.1. The number of rotatable bonds is 3. The Bertz CT molecular complexity index is 798. The van der Waals surface area contributed by atoms with Gasteiger partial charge in [-0.2, -0.15) is 0 Å². The molecule has 1 aromatic carbocycles. The fourth-order valence-corrected chi connectivity index (χ4v) is 3.73. The van der Waals surface area contributed by atoms with Crippen molar-refractivity contribution in [3.63, 3.8) is 0 Å². The quantitative estimate of drug-likeness (QED) is 0.628. The summed E-state index contributed by atoms with van der Waals surface area (Å²) in [4.78, 5) is 24.8. The topological polar surface area (TPSA) is 48.3 Å². The summed E-state index contributed by atoms with van der Waals surface area (Å²) in [7, 11) is 1.86. The lowest BCUT2D eigenvalue weighted by atomic mass is 9.90. The third kappa shape index (κ3) is 3.23. The molecule has 0 saturated heterocycles. The Morgan fingerprint density at radius 2 is 1.92 bits per heavy atom. The van der Waals surface area contributed by atoms with Crippen molar-refractivity contribution in [3.05, 3.63) is 45.7 Å². The fourth-order valence-electron chi connectivity index (χ4n) is 3.73. The summed E-state index contributed by atoms with van der Waals surface area (Å²) >= 11 is 0. The molecule has 1 aromatic heterocycles. The molecule has 1 heterocycles. The van der Waals surface area contributed by atoms with Gasteiger partial charge in [0.2, 0.25) is 5.43 Å². The molecule has 128 valence electrons. The molecule has 0 spiro atoms. The summed E-state index contributed by atoms with van der Waals surface area (Å²) in [5.41, 5.74) is 1.97. The van der Waals surface area contributed by atoms with E-state index in [0.29, 0.717) is 11.3 Å². The Hall–Kier alpha value is -2.10. The number of fused-ring (bicyclic) bond motifs is 1. The average molecular weight is 327 g/mol. The van der Waals surface area contributed by atoms with Gasteiger partial charge in [-0.15, -0.1) is 0 Å². The van der Waals surface area contributed by atoms with E-state index < -0.39 is 5.97 Å². The van der Waals surface area contributed by atoms with Gasteiger partial charge in [0.05, 0.1) is 12.1 Å². The van der Waals surface area contributed by atoms with Gasteiger partial charge < -0.3 is 9.30 Å². The number of benzene rings is 1. The molecule has 4 nitrogen and oxygen atoms in total. The summed E-state index contributed by atoms with van der Waals surface area (Å²) in [6, 6.07) is 6.14. The van der Waals surface area contributed by atoms with Crippen LogP contribution in [0.15, 0.2) is 29.2 Å². The second kappa shape index (κ2) is 7.20. The van der Waals surface area contributed by atoms with Crippen LogP contribution in [0.5, 0.6) is 0 Å². The standard InChI is InChI=1S/C20H25NO3/c1-3-24-20(23)17-13-21(2)18-11-10-15(12-16(18)19(17)22)14-8-6-4-5-7-9-14/h10-14H,3-9H2,1-2H3. The van der Waals surface area contributed by atoms with Gasteiger partial charge in [0.15, 0.2) is 0 Å². The summed E-state index contributed by atoms with van der Waals surface area (Å²) in [5, 5.41) is 0.616. The Kier molecular flexibility index (Phi) is 5.03. The van der Waals surface area contributed by atoms with Crippen LogP contribution in [0.4, 0.5) is 0 Å². The van der Waals surface area contributed by atoms with E-state index >= 15 is 0 Å². The first-order valence-corrected chi connectivity index (χ1v) is 8.92. The molecule has 0 aliphatic heterocycles. The van der Waals surface area contributed by atoms with Crippen LogP contribution >= 0.6 is 0 Å². The predicted octanol–water partition coefficient (Wildman–Crippen LogP) is 4.15. The number of carbonyl (C=O) groups is 1. The first-order chi connectivity index (χ1) is 11.6. The van der Waals surface area contributed by atoms with Gasteiger partial charge in [-0.3, -0.25) is 4.79 Å². The zero-order valence-corrected chi connectivity index (χ0v) is 14.5. The molecule has 0 amide bonds. The molecule has 4 heteroatoms. The molecule has 0 N–H and O–H groups in total. The van der Waals surface area contributed by atoms with E-state index in [0.717, 1.165) is 5.52 Å². The number of pyridine rings is 1. The van der Waals surface area contributed by atoms with Crippen molar-refractivity contribution in [2.75, 3.05) is 6.61 Å². The molecule has 1 saturated carbocycles. The van der Waals surface area contributed by atoms with Gasteiger partial charge in [-0.05, 0) is 43.4 Å². The van der Waals surface area contributed by atoms with E-state index in [1.54, 1.807) is 13.1 Å². The lowest BCUT2D eigenvalue weighted by Crippen LogP contribution is -2.20. The van der Waals surface area contributed by atoms with Crippen LogP contribution in [0.1, 0.15) is 67.3 Å². The van der Waals surface area contributed by atoms with Crippen LogP contribution in [-0.4, -0.2) is 17.1 Å². The van der Waals surface area contributed by atoms with Crippen molar-refractivity contribution in [3.8, 4) is 0 Å². The highest BCUT2D eigenvalue weighted by Crippen LogP contribution is 2.32. The Labute approximate surface area is 142 Å². The molecule has 0 atom stereocenters. The summed E-state index contributed by atoms with van der Waals surface area (Å²) < 4.78 is 6.86. The smallest absolute Gasteiger partial charge is 0.343 e. The van der Waals surface area contributed by atoms with Gasteiger partial charge in [0.1, 0.15) is 5.56 Å². The molecule has 1 aliphatic rings. The highest BCUT2D eigenvalue weighted by atomic mass is 16.5. The van der Waals surface area contributed by atoms with Crippen LogP contribution in [0.25, 0.3) is 10.9 Å². The maximum atomic E-state index is 12.8. The highest BCUT2D eigenvalue weighted by molar-refractivity contribution is 5.93. The van der Waals surface area contributed by atoms with Gasteiger partial charge in [-0.25, -0.2) is 4.79 Å². The fraction of sp³-hybridized carbons (Fsp3) is 0.500. The minimum atomic E-state index is -0.542. The molecular weight excluding hydrogens is 302 g/mol. The van der Waals surface area contributed by atoms with Crippen LogP contribution in [-0.2, 0) is 11.8 Å². The number of hydrogen-bond donors (Lipinski definition) is 0. The van der Waals surface area contributed by atoms with Crippen LogP contribution < -0.4 is 5.43 Å². The molecule has 2 aromatic rings. The van der Waals surface area contributed by atoms with Crippen LogP contribution in [0.2, 0.25) is 0 Å². The SMILES string of the molecule is CCOC(=O)c1cn(C)c2ccc(C3CCCCCC3)cc2c1=O. The predicted molar refractivity (Wildman–Crippen MR) is 95.6 cm³/mol. The lowest BCUT2D eigenvalue weighted by molar-refractivity contribution is 0.0524. The summed E-state index contributed by atoms with van der Waals surface area (Å²) in [5.74, 6) is -0.0206. The van der Waals surface area contributed by atoms with Crippen molar-refractivity contribution >= 4 is 16.9 Å². The van der Waals surface area contributed by atoms with Crippen molar-refractivity contribution in [1.82, 2.24) is 4.57 Å². The zero-order valence-electron chi connectivity index (χ0n) is 14.5. The minimum absolute atomic E-state index is 0.116. The van der Waals surface area contributed by atoms with Gasteiger partial charge in [-0.1, -0.05) is 31.7 Å². The Morgan fingerprint density at radius 3 is 2.58 bits per heavy atom. The van der Waals surface area contributed by atoms with E-state index in [2.05, 4.69) is 6.07 Å². The maximum absolute atomic E-state index is 12.8. The number of aryl methyl sites for hydroxylation is 1. The first kappa shape index (κ1) is 16.7. The molecule has 0 unspecified atom stereocenters. The number of nitrogens with zero attached hydrogens (tertiary/aromatic N) is 1. The Balaban J connectivity index is 2.08. The van der Waals surface area contributed by atoms with Crippen LogP contribution in [0.3, 0.4) is 0 Å². The molecule has 1 fully saturated rings. The van der Waals surface area contributed by atoms with Crippen LogP contribution in [0, 0.1) is 0 Å². The van der Waals surface area contributed by atoms with E-state index in [1.807, 2.05) is 23.7 Å². The number of ether oxygens (including phenoxy) is 1. The Morgan fingerprint density at radius 1 is 1.21 bits per heavy atom. The number of carbonyl (C=O) groups excluding carboxylic acids is 1. The monoisotopic (exact) mass is 327 g/mol. The van der Waals surface area contributed by atoms with Crippen molar-refractivity contribution < 1.29 is 9.53 Å². The number of aromatic nitrogens is 1. The van der Waals surface area contributed by atoms with Gasteiger partial charge in [0.25, 0.3) is 0 Å². The number of esters is 1. The maximum Gasteiger partial charge on any atom is 0.343 e. The molecule has 1 aliphatic carbocycles. The van der Waals surface area contributed by atoms with Crippen molar-refractivity contribution in [2.24, 2.45) is 7.05 Å². The van der Waals surface area contributed by atoms with Gasteiger partial charge >= 0.3 is 5.97 Å². The van der Waals surface area contributed by atoms with Gasteiger partial charge in [0, 0.05) is 18.6 Å². The molecule has 3 rings (SSSR count). The lowest BCUT2D eigenvalue weighted by Gasteiger charge is -2.16. The van der Waals surface area contributed by atoms with Crippen molar-refractivity contribution in [2.45, 2.75) is 51.4 Å². The third-order valence-corrected chi connectivity index (χ3v) is 5.03. The average Bonchev–Trinajstić information content (AvgIpc) is 2.87. The molecule has 0 bridgehead atoms. The first-order valence-electron chi connectivity index (χ1n) is 8.92. The van der Waals surface area contributed by atoms with E-state index in [9.17, 15) is 9.59 Å². The molecular formula is C20H25NO3. The van der Waals surface area contributed by atoms with E-state index in [4.69, 9.17) is 4.74 Å². The van der Waals surface area contributed by atoms with Crippen molar-refractivity contribution in [1.29, 1.82) is 0 Å². The highest BCUT2D eigenvalue weighted by Gasteiger charge is 2.18.